The second-order valence-corrected chi connectivity index (χ2v) is 8.29. The summed E-state index contributed by atoms with van der Waals surface area (Å²) in [7, 11) is 0. The van der Waals surface area contributed by atoms with E-state index in [0.29, 0.717) is 52.6 Å². The number of ether oxygens (including phenoxy) is 1. The predicted octanol–water partition coefficient (Wildman–Crippen LogP) is 3.96. The van der Waals surface area contributed by atoms with Crippen molar-refractivity contribution in [1.29, 1.82) is 0 Å². The van der Waals surface area contributed by atoms with Crippen LogP contribution in [0.1, 0.15) is 5.76 Å². The van der Waals surface area contributed by atoms with Gasteiger partial charge in [-0.25, -0.2) is 10.0 Å². The molecule has 1 aromatic heterocycles. The van der Waals surface area contributed by atoms with E-state index in [1.165, 1.54) is 28.9 Å². The number of benzene rings is 1. The Labute approximate surface area is 180 Å². The molecular formula is C18H14ClN3O5S2. The molecule has 2 aliphatic rings. The molecule has 11 heteroatoms. The number of nitrogens with zero attached hydrogens (tertiary/aromatic N) is 3. The Hall–Kier alpha value is -2.24. The molecule has 2 aromatic rings. The Balaban J connectivity index is 1.59. The van der Waals surface area contributed by atoms with E-state index in [4.69, 9.17) is 33.0 Å². The number of hydrogen-bond acceptors (Lipinski definition) is 8. The minimum absolute atomic E-state index is 0.156. The zero-order valence-corrected chi connectivity index (χ0v) is 17.3. The monoisotopic (exact) mass is 451 g/mol. The van der Waals surface area contributed by atoms with Crippen molar-refractivity contribution in [3.63, 3.8) is 0 Å². The Morgan fingerprint density at radius 3 is 2.72 bits per heavy atom. The van der Waals surface area contributed by atoms with Crippen LogP contribution in [-0.2, 0) is 9.53 Å². The maximum atomic E-state index is 12.8. The Morgan fingerprint density at radius 2 is 2.00 bits per heavy atom. The zero-order valence-electron chi connectivity index (χ0n) is 14.9. The summed E-state index contributed by atoms with van der Waals surface area (Å²) < 4.78 is 11.5. The lowest BCUT2D eigenvalue weighted by Crippen LogP contribution is -2.50. The van der Waals surface area contributed by atoms with Crippen LogP contribution < -0.4 is 0 Å². The normalized spacial score (nSPS) is 19.3. The standard InChI is InChI=1S/C18H14ClN3O5S2/c19-11-1-3-13(14(9-11)22(24)25)15-4-2-12(27-15)10-16-17(23)21(18(28)29-16)20-5-7-26-8-6-20/h1-4,9-10H,5-8H2/b16-10+. The highest BCUT2D eigenvalue weighted by atomic mass is 35.5. The van der Waals surface area contributed by atoms with E-state index in [-0.39, 0.29) is 16.6 Å². The minimum Gasteiger partial charge on any atom is -0.456 e. The van der Waals surface area contributed by atoms with Crippen LogP contribution >= 0.6 is 35.6 Å². The summed E-state index contributed by atoms with van der Waals surface area (Å²) in [6.07, 6.45) is 1.59. The number of hydrogen-bond donors (Lipinski definition) is 0. The van der Waals surface area contributed by atoms with Crippen molar-refractivity contribution < 1.29 is 18.9 Å². The number of morpholine rings is 1. The number of nitro benzene ring substituents is 1. The Kier molecular flexibility index (Phi) is 5.70. The van der Waals surface area contributed by atoms with Gasteiger partial charge in [0.2, 0.25) is 0 Å². The molecule has 0 radical (unpaired) electrons. The zero-order chi connectivity index (χ0) is 20.5. The van der Waals surface area contributed by atoms with Crippen LogP contribution in [0.15, 0.2) is 39.7 Å². The fourth-order valence-corrected chi connectivity index (χ4v) is 4.48. The number of thiocarbonyl (C=S) groups is 1. The van der Waals surface area contributed by atoms with E-state index >= 15 is 0 Å². The lowest BCUT2D eigenvalue weighted by molar-refractivity contribution is -0.384. The van der Waals surface area contributed by atoms with Gasteiger partial charge in [0, 0.05) is 30.3 Å². The molecule has 8 nitrogen and oxygen atoms in total. The summed E-state index contributed by atoms with van der Waals surface area (Å²) in [5.41, 5.74) is 0.150. The highest BCUT2D eigenvalue weighted by Gasteiger charge is 2.37. The third-order valence-electron chi connectivity index (χ3n) is 4.37. The van der Waals surface area contributed by atoms with E-state index in [1.54, 1.807) is 24.3 Å². The number of hydrazine groups is 1. The molecule has 0 bridgehead atoms. The van der Waals surface area contributed by atoms with Gasteiger partial charge < -0.3 is 9.15 Å². The van der Waals surface area contributed by atoms with Crippen LogP contribution in [0.5, 0.6) is 0 Å². The molecule has 0 unspecified atom stereocenters. The third-order valence-corrected chi connectivity index (χ3v) is 5.88. The number of carbonyl (C=O) groups excluding carboxylic acids is 1. The van der Waals surface area contributed by atoms with E-state index in [1.807, 2.05) is 5.01 Å². The van der Waals surface area contributed by atoms with Gasteiger partial charge in [0.25, 0.3) is 11.6 Å². The molecule has 2 aliphatic heterocycles. The maximum absolute atomic E-state index is 12.8. The van der Waals surface area contributed by atoms with Gasteiger partial charge in [0.15, 0.2) is 4.32 Å². The highest BCUT2D eigenvalue weighted by molar-refractivity contribution is 8.26. The molecule has 1 aromatic carbocycles. The first-order valence-electron chi connectivity index (χ1n) is 8.59. The molecule has 0 atom stereocenters. The van der Waals surface area contributed by atoms with Gasteiger partial charge >= 0.3 is 0 Å². The Bertz CT molecular complexity index is 1030. The lowest BCUT2D eigenvalue weighted by Gasteiger charge is -2.33. The fraction of sp³-hybridized carbons (Fsp3) is 0.222. The van der Waals surface area contributed by atoms with Crippen molar-refractivity contribution in [2.45, 2.75) is 0 Å². The quantitative estimate of drug-likeness (QED) is 0.299. The molecular weight excluding hydrogens is 438 g/mol. The van der Waals surface area contributed by atoms with Crippen LogP contribution in [0.25, 0.3) is 17.4 Å². The third kappa shape index (κ3) is 4.07. The minimum atomic E-state index is -0.517. The molecule has 0 aliphatic carbocycles. The number of furan rings is 1. The van der Waals surface area contributed by atoms with Gasteiger partial charge in [-0.15, -0.1) is 0 Å². The highest BCUT2D eigenvalue weighted by Crippen LogP contribution is 2.36. The summed E-state index contributed by atoms with van der Waals surface area (Å²) in [6.45, 7) is 2.25. The molecule has 0 spiro atoms. The van der Waals surface area contributed by atoms with Crippen LogP contribution in [0, 0.1) is 10.1 Å². The molecule has 150 valence electrons. The summed E-state index contributed by atoms with van der Waals surface area (Å²) >= 11 is 12.4. The van der Waals surface area contributed by atoms with Crippen LogP contribution in [0.2, 0.25) is 5.02 Å². The number of rotatable bonds is 4. The van der Waals surface area contributed by atoms with Crippen molar-refractivity contribution in [1.82, 2.24) is 10.0 Å². The molecule has 2 saturated heterocycles. The van der Waals surface area contributed by atoms with Gasteiger partial charge in [-0.3, -0.25) is 14.9 Å². The van der Waals surface area contributed by atoms with Gasteiger partial charge in [0.1, 0.15) is 11.5 Å². The van der Waals surface area contributed by atoms with E-state index in [9.17, 15) is 14.9 Å². The SMILES string of the molecule is O=C1/C(=C\c2ccc(-c3ccc(Cl)cc3[N+](=O)[O-])o2)SC(=S)N1N1CCOCC1. The average Bonchev–Trinajstić information content (AvgIpc) is 3.27. The van der Waals surface area contributed by atoms with Gasteiger partial charge in [-0.05, 0) is 24.3 Å². The summed E-state index contributed by atoms with van der Waals surface area (Å²) in [5, 5.41) is 14.9. The molecule has 2 fully saturated rings. The summed E-state index contributed by atoms with van der Waals surface area (Å²) in [5.74, 6) is 0.479. The van der Waals surface area contributed by atoms with Gasteiger partial charge in [-0.1, -0.05) is 35.6 Å². The molecule has 3 heterocycles. The molecule has 4 rings (SSSR count). The lowest BCUT2D eigenvalue weighted by atomic mass is 10.1. The number of thioether (sulfide) groups is 1. The molecule has 1 amide bonds. The largest absolute Gasteiger partial charge is 0.456 e. The number of carbonyl (C=O) groups is 1. The first-order chi connectivity index (χ1) is 13.9. The first-order valence-corrected chi connectivity index (χ1v) is 10.2. The van der Waals surface area contributed by atoms with Crippen LogP contribution in [0.3, 0.4) is 0 Å². The summed E-state index contributed by atoms with van der Waals surface area (Å²) in [6, 6.07) is 7.62. The van der Waals surface area contributed by atoms with Crippen molar-refractivity contribution in [2.75, 3.05) is 26.3 Å². The van der Waals surface area contributed by atoms with E-state index < -0.39 is 4.92 Å². The maximum Gasteiger partial charge on any atom is 0.281 e. The summed E-state index contributed by atoms with van der Waals surface area (Å²) in [4.78, 5) is 24.0. The Morgan fingerprint density at radius 1 is 1.24 bits per heavy atom. The first kappa shape index (κ1) is 20.0. The van der Waals surface area contributed by atoms with Crippen molar-refractivity contribution in [3.05, 3.63) is 56.1 Å². The van der Waals surface area contributed by atoms with Gasteiger partial charge in [-0.2, -0.15) is 0 Å². The molecule has 29 heavy (non-hydrogen) atoms. The average molecular weight is 452 g/mol. The second-order valence-electron chi connectivity index (χ2n) is 6.18. The van der Waals surface area contributed by atoms with Gasteiger partial charge in [0.05, 0.1) is 28.6 Å². The van der Waals surface area contributed by atoms with Crippen molar-refractivity contribution in [2.24, 2.45) is 0 Å². The predicted molar refractivity (Wildman–Crippen MR) is 113 cm³/mol. The van der Waals surface area contributed by atoms with Crippen molar-refractivity contribution >= 4 is 57.6 Å². The number of amides is 1. The molecule has 0 saturated carbocycles. The topological polar surface area (TPSA) is 89.1 Å². The number of nitro groups is 1. The smallest absolute Gasteiger partial charge is 0.281 e. The number of halogens is 1. The van der Waals surface area contributed by atoms with E-state index in [0.717, 1.165) is 0 Å². The second kappa shape index (κ2) is 8.25. The fourth-order valence-electron chi connectivity index (χ4n) is 3.03. The van der Waals surface area contributed by atoms with Crippen LogP contribution in [-0.4, -0.2) is 51.5 Å². The van der Waals surface area contributed by atoms with Crippen LogP contribution in [0.4, 0.5) is 5.69 Å². The van der Waals surface area contributed by atoms with Crippen molar-refractivity contribution in [3.8, 4) is 11.3 Å². The van der Waals surface area contributed by atoms with E-state index in [2.05, 4.69) is 0 Å². The molecule has 0 N–H and O–H groups in total.